The molecule has 170 valence electrons. The number of nitrogens with zero attached hydrogens (tertiary/aromatic N) is 3. The molecule has 31 heavy (non-hydrogen) atoms. The summed E-state index contributed by atoms with van der Waals surface area (Å²) < 4.78 is 14.0. The number of rotatable bonds is 7. The average Bonchev–Trinajstić information content (AvgIpc) is 3.06. The van der Waals surface area contributed by atoms with Gasteiger partial charge in [0.1, 0.15) is 5.82 Å². The lowest BCUT2D eigenvalue weighted by atomic mass is 10.1. The minimum absolute atomic E-state index is 0. The minimum atomic E-state index is -0.159. The van der Waals surface area contributed by atoms with Crippen LogP contribution in [0.5, 0.6) is 0 Å². The smallest absolute Gasteiger partial charge is 0.191 e. The van der Waals surface area contributed by atoms with Gasteiger partial charge in [-0.1, -0.05) is 36.4 Å². The van der Waals surface area contributed by atoms with E-state index in [9.17, 15) is 4.39 Å². The van der Waals surface area contributed by atoms with Crippen LogP contribution in [0.3, 0.4) is 0 Å². The van der Waals surface area contributed by atoms with Crippen LogP contribution in [-0.2, 0) is 19.6 Å². The van der Waals surface area contributed by atoms with E-state index in [2.05, 4.69) is 57.8 Å². The van der Waals surface area contributed by atoms with E-state index in [1.807, 2.05) is 31.1 Å². The first-order valence-electron chi connectivity index (χ1n) is 10.6. The van der Waals surface area contributed by atoms with E-state index in [-0.39, 0.29) is 29.8 Å². The maximum absolute atomic E-state index is 14.0. The van der Waals surface area contributed by atoms with Gasteiger partial charge in [0.2, 0.25) is 0 Å². The molecule has 2 N–H and O–H groups in total. The number of benzene rings is 2. The second-order valence-electron chi connectivity index (χ2n) is 8.43. The molecule has 0 amide bonds. The van der Waals surface area contributed by atoms with Gasteiger partial charge in [-0.3, -0.25) is 9.89 Å². The third-order valence-corrected chi connectivity index (χ3v) is 5.55. The molecule has 1 heterocycles. The fourth-order valence-electron chi connectivity index (χ4n) is 4.01. The Morgan fingerprint density at radius 2 is 1.90 bits per heavy atom. The van der Waals surface area contributed by atoms with Crippen LogP contribution in [0.25, 0.3) is 0 Å². The third-order valence-electron chi connectivity index (χ3n) is 5.55. The third kappa shape index (κ3) is 7.73. The Labute approximate surface area is 203 Å². The highest BCUT2D eigenvalue weighted by Crippen LogP contribution is 2.20. The first kappa shape index (κ1) is 25.5. The Morgan fingerprint density at radius 1 is 1.16 bits per heavy atom. The lowest BCUT2D eigenvalue weighted by Crippen LogP contribution is -2.44. The van der Waals surface area contributed by atoms with Crippen molar-refractivity contribution >= 4 is 29.9 Å². The molecule has 0 spiro atoms. The number of nitrogens with one attached hydrogen (secondary N) is 2. The van der Waals surface area contributed by atoms with Gasteiger partial charge in [0.25, 0.3) is 0 Å². The predicted molar refractivity (Wildman–Crippen MR) is 137 cm³/mol. The Bertz CT molecular complexity index is 843. The van der Waals surface area contributed by atoms with Crippen LogP contribution in [-0.4, -0.2) is 55.5 Å². The maximum atomic E-state index is 14.0. The molecule has 0 aliphatic carbocycles. The van der Waals surface area contributed by atoms with E-state index in [4.69, 9.17) is 0 Å². The molecule has 5 nitrogen and oxygen atoms in total. The normalized spacial score (nSPS) is 19.4. The molecule has 2 aromatic carbocycles. The molecule has 2 aromatic rings. The molecule has 0 radical (unpaired) electrons. The summed E-state index contributed by atoms with van der Waals surface area (Å²) in [6.45, 7) is 5.43. The van der Waals surface area contributed by atoms with Crippen LogP contribution >= 0.6 is 24.0 Å². The van der Waals surface area contributed by atoms with Gasteiger partial charge in [-0.05, 0) is 50.7 Å². The Hall–Kier alpha value is -1.71. The van der Waals surface area contributed by atoms with Crippen LogP contribution < -0.4 is 10.6 Å². The van der Waals surface area contributed by atoms with Crippen LogP contribution in [0.2, 0.25) is 0 Å². The van der Waals surface area contributed by atoms with Gasteiger partial charge in [0.05, 0.1) is 0 Å². The van der Waals surface area contributed by atoms with E-state index in [0.29, 0.717) is 30.7 Å². The van der Waals surface area contributed by atoms with Crippen molar-refractivity contribution < 1.29 is 4.39 Å². The van der Waals surface area contributed by atoms with Crippen molar-refractivity contribution in [3.8, 4) is 0 Å². The molecular weight excluding hydrogens is 504 g/mol. The standard InChI is InChI=1S/C24H34FN5.HI/c1-18-12-22(17-30(18)15-19-8-6-5-7-9-19)28-24(26-2)27-14-20-10-11-23(25)21(13-20)16-29(3)4;/h5-11,13,18,22H,12,14-17H2,1-4H3,(H2,26,27,28);1H. The highest BCUT2D eigenvalue weighted by Gasteiger charge is 2.29. The molecule has 1 saturated heterocycles. The molecule has 1 aliphatic rings. The molecule has 0 bridgehead atoms. The average molecular weight is 539 g/mol. The van der Waals surface area contributed by atoms with Gasteiger partial charge in [-0.25, -0.2) is 4.39 Å². The molecule has 1 fully saturated rings. The highest BCUT2D eigenvalue weighted by atomic mass is 127. The minimum Gasteiger partial charge on any atom is -0.352 e. The number of aliphatic imine (C=N–C) groups is 1. The van der Waals surface area contributed by atoms with Crippen molar-refractivity contribution in [1.29, 1.82) is 0 Å². The van der Waals surface area contributed by atoms with Gasteiger partial charge < -0.3 is 15.5 Å². The van der Waals surface area contributed by atoms with Crippen molar-refractivity contribution in [1.82, 2.24) is 20.4 Å². The van der Waals surface area contributed by atoms with Crippen LogP contribution in [0.1, 0.15) is 30.0 Å². The summed E-state index contributed by atoms with van der Waals surface area (Å²) in [6, 6.07) is 16.8. The topological polar surface area (TPSA) is 42.9 Å². The zero-order chi connectivity index (χ0) is 21.5. The van der Waals surface area contributed by atoms with Gasteiger partial charge in [-0.15, -0.1) is 24.0 Å². The first-order chi connectivity index (χ1) is 14.4. The summed E-state index contributed by atoms with van der Waals surface area (Å²) in [5.41, 5.74) is 3.10. The largest absolute Gasteiger partial charge is 0.352 e. The molecule has 2 unspecified atom stereocenters. The Balaban J connectivity index is 0.00000341. The van der Waals surface area contributed by atoms with E-state index < -0.39 is 0 Å². The van der Waals surface area contributed by atoms with Crippen molar-refractivity contribution in [3.05, 3.63) is 71.0 Å². The first-order valence-corrected chi connectivity index (χ1v) is 10.6. The summed E-state index contributed by atoms with van der Waals surface area (Å²) >= 11 is 0. The van der Waals surface area contributed by atoms with E-state index in [1.165, 1.54) is 5.56 Å². The fraction of sp³-hybridized carbons (Fsp3) is 0.458. The summed E-state index contributed by atoms with van der Waals surface area (Å²) in [6.07, 6.45) is 1.08. The zero-order valence-corrected chi connectivity index (χ0v) is 21.3. The van der Waals surface area contributed by atoms with Crippen molar-refractivity contribution in [2.45, 2.75) is 45.1 Å². The quantitative estimate of drug-likeness (QED) is 0.319. The number of guanidine groups is 1. The monoisotopic (exact) mass is 539 g/mol. The van der Waals surface area contributed by atoms with Crippen LogP contribution in [0.4, 0.5) is 4.39 Å². The number of likely N-dealkylation sites (tertiary alicyclic amines) is 1. The van der Waals surface area contributed by atoms with Crippen LogP contribution in [0.15, 0.2) is 53.5 Å². The lowest BCUT2D eigenvalue weighted by Gasteiger charge is -2.21. The Morgan fingerprint density at radius 3 is 2.58 bits per heavy atom. The van der Waals surface area contributed by atoms with E-state index in [0.717, 1.165) is 31.0 Å². The van der Waals surface area contributed by atoms with E-state index >= 15 is 0 Å². The van der Waals surface area contributed by atoms with Crippen molar-refractivity contribution in [3.63, 3.8) is 0 Å². The molecule has 7 heteroatoms. The fourth-order valence-corrected chi connectivity index (χ4v) is 4.01. The molecule has 2 atom stereocenters. The summed E-state index contributed by atoms with van der Waals surface area (Å²) in [5, 5.41) is 6.93. The zero-order valence-electron chi connectivity index (χ0n) is 18.9. The molecule has 1 aliphatic heterocycles. The van der Waals surface area contributed by atoms with Gasteiger partial charge in [0, 0.05) is 50.9 Å². The maximum Gasteiger partial charge on any atom is 0.191 e. The van der Waals surface area contributed by atoms with Crippen LogP contribution in [0, 0.1) is 5.82 Å². The van der Waals surface area contributed by atoms with Crippen molar-refractivity contribution in [2.75, 3.05) is 27.7 Å². The van der Waals surface area contributed by atoms with Gasteiger partial charge >= 0.3 is 0 Å². The molecular formula is C24H35FIN5. The second kappa shape index (κ2) is 12.4. The number of hydrogen-bond donors (Lipinski definition) is 2. The second-order valence-corrected chi connectivity index (χ2v) is 8.43. The SMILES string of the molecule is CN=C(NCc1ccc(F)c(CN(C)C)c1)NC1CC(C)N(Cc2ccccc2)C1.I. The van der Waals surface area contributed by atoms with E-state index in [1.54, 1.807) is 13.1 Å². The predicted octanol–water partition coefficient (Wildman–Crippen LogP) is 3.83. The van der Waals surface area contributed by atoms with Gasteiger partial charge in [-0.2, -0.15) is 0 Å². The molecule has 3 rings (SSSR count). The highest BCUT2D eigenvalue weighted by molar-refractivity contribution is 14.0. The molecule has 0 aromatic heterocycles. The van der Waals surface area contributed by atoms with Gasteiger partial charge in [0.15, 0.2) is 5.96 Å². The summed E-state index contributed by atoms with van der Waals surface area (Å²) in [5.74, 6) is 0.626. The Kier molecular flexibility index (Phi) is 10.2. The molecule has 0 saturated carbocycles. The number of hydrogen-bond acceptors (Lipinski definition) is 3. The number of halogens is 2. The summed E-state index contributed by atoms with van der Waals surface area (Å²) in [7, 11) is 5.68. The lowest BCUT2D eigenvalue weighted by molar-refractivity contribution is 0.258. The summed E-state index contributed by atoms with van der Waals surface area (Å²) in [4.78, 5) is 8.86. The van der Waals surface area contributed by atoms with Crippen molar-refractivity contribution in [2.24, 2.45) is 4.99 Å².